The molecule has 0 atom stereocenters. The molecule has 2 aromatic carbocycles. The molecule has 0 saturated heterocycles. The SMILES string of the molecule is CCNCc1cccc(Oc2cc(C(C)C)ccc2C)c1. The summed E-state index contributed by atoms with van der Waals surface area (Å²) >= 11 is 0. The lowest BCUT2D eigenvalue weighted by atomic mass is 10.0. The maximum absolute atomic E-state index is 6.09. The third kappa shape index (κ3) is 4.33. The fourth-order valence-electron chi connectivity index (χ4n) is 2.20. The summed E-state index contributed by atoms with van der Waals surface area (Å²) in [5.41, 5.74) is 3.71. The summed E-state index contributed by atoms with van der Waals surface area (Å²) in [6, 6.07) is 14.7. The van der Waals surface area contributed by atoms with Crippen LogP contribution in [-0.4, -0.2) is 6.54 Å². The molecule has 0 heterocycles. The van der Waals surface area contributed by atoms with Crippen molar-refractivity contribution in [2.24, 2.45) is 0 Å². The molecule has 0 aliphatic carbocycles. The summed E-state index contributed by atoms with van der Waals surface area (Å²) in [6.07, 6.45) is 0. The molecule has 0 saturated carbocycles. The monoisotopic (exact) mass is 283 g/mol. The molecule has 0 aromatic heterocycles. The van der Waals surface area contributed by atoms with Crippen LogP contribution in [0.1, 0.15) is 43.4 Å². The van der Waals surface area contributed by atoms with E-state index in [2.05, 4.69) is 63.3 Å². The van der Waals surface area contributed by atoms with Gasteiger partial charge in [0.15, 0.2) is 0 Å². The van der Waals surface area contributed by atoms with E-state index in [0.29, 0.717) is 5.92 Å². The summed E-state index contributed by atoms with van der Waals surface area (Å²) in [5, 5.41) is 3.34. The molecule has 0 fully saturated rings. The number of nitrogens with one attached hydrogen (secondary N) is 1. The Morgan fingerprint density at radius 3 is 2.62 bits per heavy atom. The van der Waals surface area contributed by atoms with Crippen molar-refractivity contribution < 1.29 is 4.74 Å². The van der Waals surface area contributed by atoms with E-state index >= 15 is 0 Å². The van der Waals surface area contributed by atoms with E-state index in [9.17, 15) is 0 Å². The third-order valence-electron chi connectivity index (χ3n) is 3.58. The number of hydrogen-bond acceptors (Lipinski definition) is 2. The van der Waals surface area contributed by atoms with Crippen molar-refractivity contribution >= 4 is 0 Å². The number of benzene rings is 2. The van der Waals surface area contributed by atoms with Crippen molar-refractivity contribution in [1.29, 1.82) is 0 Å². The second-order valence-corrected chi connectivity index (χ2v) is 5.71. The molecule has 0 aliphatic rings. The predicted octanol–water partition coefficient (Wildman–Crippen LogP) is 5.02. The topological polar surface area (TPSA) is 21.3 Å². The molecule has 0 unspecified atom stereocenters. The molecule has 21 heavy (non-hydrogen) atoms. The van der Waals surface area contributed by atoms with Gasteiger partial charge in [-0.2, -0.15) is 0 Å². The smallest absolute Gasteiger partial charge is 0.130 e. The fourth-order valence-corrected chi connectivity index (χ4v) is 2.20. The lowest BCUT2D eigenvalue weighted by Crippen LogP contribution is -2.11. The first-order valence-electron chi connectivity index (χ1n) is 7.68. The Balaban J connectivity index is 2.19. The van der Waals surface area contributed by atoms with Crippen molar-refractivity contribution in [1.82, 2.24) is 5.32 Å². The average Bonchev–Trinajstić information content (AvgIpc) is 2.47. The number of hydrogen-bond donors (Lipinski definition) is 1. The quantitative estimate of drug-likeness (QED) is 0.803. The second kappa shape index (κ2) is 7.28. The molecule has 2 aromatic rings. The summed E-state index contributed by atoms with van der Waals surface area (Å²) < 4.78 is 6.09. The molecule has 112 valence electrons. The first kappa shape index (κ1) is 15.6. The predicted molar refractivity (Wildman–Crippen MR) is 89.2 cm³/mol. The van der Waals surface area contributed by atoms with Gasteiger partial charge in [-0.3, -0.25) is 0 Å². The van der Waals surface area contributed by atoms with Crippen LogP contribution < -0.4 is 10.1 Å². The average molecular weight is 283 g/mol. The number of rotatable bonds is 6. The van der Waals surface area contributed by atoms with Crippen LogP contribution in [0.5, 0.6) is 11.5 Å². The van der Waals surface area contributed by atoms with Crippen molar-refractivity contribution in [2.75, 3.05) is 6.54 Å². The van der Waals surface area contributed by atoms with E-state index in [1.807, 2.05) is 12.1 Å². The minimum absolute atomic E-state index is 0.507. The molecular formula is C19H25NO. The van der Waals surface area contributed by atoms with Gasteiger partial charge in [0.05, 0.1) is 0 Å². The van der Waals surface area contributed by atoms with E-state index in [-0.39, 0.29) is 0 Å². The zero-order valence-corrected chi connectivity index (χ0v) is 13.4. The van der Waals surface area contributed by atoms with Crippen LogP contribution in [-0.2, 0) is 6.54 Å². The van der Waals surface area contributed by atoms with Crippen LogP contribution in [0.2, 0.25) is 0 Å². The molecule has 2 rings (SSSR count). The van der Waals surface area contributed by atoms with Gasteiger partial charge in [-0.05, 0) is 54.3 Å². The van der Waals surface area contributed by atoms with Crippen molar-refractivity contribution in [3.8, 4) is 11.5 Å². The van der Waals surface area contributed by atoms with Crippen LogP contribution in [0, 0.1) is 6.92 Å². The number of ether oxygens (including phenoxy) is 1. The van der Waals surface area contributed by atoms with Crippen LogP contribution in [0.3, 0.4) is 0 Å². The molecule has 0 radical (unpaired) electrons. The van der Waals surface area contributed by atoms with Gasteiger partial charge in [0, 0.05) is 6.54 Å². The summed E-state index contributed by atoms with van der Waals surface area (Å²) in [4.78, 5) is 0. The van der Waals surface area contributed by atoms with E-state index in [0.717, 1.165) is 30.2 Å². The lowest BCUT2D eigenvalue weighted by molar-refractivity contribution is 0.476. The van der Waals surface area contributed by atoms with Crippen LogP contribution in [0.25, 0.3) is 0 Å². The maximum atomic E-state index is 6.09. The standard InChI is InChI=1S/C19H25NO/c1-5-20-13-16-7-6-8-18(11-16)21-19-12-17(14(2)3)10-9-15(19)4/h6-12,14,20H,5,13H2,1-4H3. The molecule has 0 bridgehead atoms. The minimum atomic E-state index is 0.507. The summed E-state index contributed by atoms with van der Waals surface area (Å²) in [7, 11) is 0. The highest BCUT2D eigenvalue weighted by Crippen LogP contribution is 2.29. The largest absolute Gasteiger partial charge is 0.457 e. The first-order valence-corrected chi connectivity index (χ1v) is 7.68. The molecule has 0 spiro atoms. The summed E-state index contributed by atoms with van der Waals surface area (Å²) in [6.45, 7) is 10.4. The van der Waals surface area contributed by atoms with Crippen molar-refractivity contribution in [3.05, 3.63) is 59.2 Å². The molecule has 0 aliphatic heterocycles. The Morgan fingerprint density at radius 2 is 1.90 bits per heavy atom. The van der Waals surface area contributed by atoms with E-state index in [4.69, 9.17) is 4.74 Å². The van der Waals surface area contributed by atoms with Gasteiger partial charge in [-0.15, -0.1) is 0 Å². The van der Waals surface area contributed by atoms with Gasteiger partial charge in [0.2, 0.25) is 0 Å². The highest BCUT2D eigenvalue weighted by atomic mass is 16.5. The number of aryl methyl sites for hydroxylation is 1. The van der Waals surface area contributed by atoms with E-state index in [1.54, 1.807) is 0 Å². The van der Waals surface area contributed by atoms with Gasteiger partial charge in [0.1, 0.15) is 11.5 Å². The zero-order chi connectivity index (χ0) is 15.2. The molecule has 2 heteroatoms. The van der Waals surface area contributed by atoms with Crippen LogP contribution >= 0.6 is 0 Å². The molecule has 0 amide bonds. The van der Waals surface area contributed by atoms with Crippen LogP contribution in [0.15, 0.2) is 42.5 Å². The normalized spacial score (nSPS) is 10.9. The van der Waals surface area contributed by atoms with Crippen molar-refractivity contribution in [2.45, 2.75) is 40.2 Å². The fraction of sp³-hybridized carbons (Fsp3) is 0.368. The minimum Gasteiger partial charge on any atom is -0.457 e. The maximum Gasteiger partial charge on any atom is 0.130 e. The lowest BCUT2D eigenvalue weighted by Gasteiger charge is -2.13. The van der Waals surface area contributed by atoms with Gasteiger partial charge in [0.25, 0.3) is 0 Å². The highest BCUT2D eigenvalue weighted by molar-refractivity contribution is 5.41. The summed E-state index contributed by atoms with van der Waals surface area (Å²) in [5.74, 6) is 2.35. The van der Waals surface area contributed by atoms with E-state index in [1.165, 1.54) is 11.1 Å². The zero-order valence-electron chi connectivity index (χ0n) is 13.4. The highest BCUT2D eigenvalue weighted by Gasteiger charge is 2.06. The Kier molecular flexibility index (Phi) is 5.40. The Hall–Kier alpha value is -1.80. The van der Waals surface area contributed by atoms with Gasteiger partial charge in [-0.1, -0.05) is 45.0 Å². The molecule has 2 nitrogen and oxygen atoms in total. The Bertz CT molecular complexity index is 590. The van der Waals surface area contributed by atoms with Gasteiger partial charge >= 0.3 is 0 Å². The van der Waals surface area contributed by atoms with Crippen molar-refractivity contribution in [3.63, 3.8) is 0 Å². The van der Waals surface area contributed by atoms with E-state index < -0.39 is 0 Å². The van der Waals surface area contributed by atoms with Gasteiger partial charge in [-0.25, -0.2) is 0 Å². The second-order valence-electron chi connectivity index (χ2n) is 5.71. The van der Waals surface area contributed by atoms with Gasteiger partial charge < -0.3 is 10.1 Å². The third-order valence-corrected chi connectivity index (χ3v) is 3.58. The Labute approximate surface area is 128 Å². The Morgan fingerprint density at radius 1 is 1.10 bits per heavy atom. The first-order chi connectivity index (χ1) is 10.1. The molecule has 1 N–H and O–H groups in total. The molecular weight excluding hydrogens is 258 g/mol. The van der Waals surface area contributed by atoms with Crippen LogP contribution in [0.4, 0.5) is 0 Å².